The summed E-state index contributed by atoms with van der Waals surface area (Å²) in [5, 5.41) is 20.5. The van der Waals surface area contributed by atoms with Crippen LogP contribution in [0.4, 0.5) is 0 Å². The molecule has 1 fully saturated rings. The van der Waals surface area contributed by atoms with Gasteiger partial charge in [-0.25, -0.2) is 4.79 Å². The minimum absolute atomic E-state index is 0.0183. The highest BCUT2D eigenvalue weighted by Crippen LogP contribution is 2.17. The molecule has 1 unspecified atom stereocenters. The van der Waals surface area contributed by atoms with Gasteiger partial charge >= 0.3 is 11.9 Å². The van der Waals surface area contributed by atoms with Crippen molar-refractivity contribution in [2.75, 3.05) is 13.1 Å². The number of carbonyl (C=O) groups is 3. The maximum absolute atomic E-state index is 11.9. The highest BCUT2D eigenvalue weighted by atomic mass is 16.4. The van der Waals surface area contributed by atoms with E-state index in [1.807, 2.05) is 6.92 Å². The minimum atomic E-state index is -0.983. The number of hydrogen-bond acceptors (Lipinski definition) is 4. The van der Waals surface area contributed by atoms with Crippen LogP contribution in [0.5, 0.6) is 0 Å². The molecule has 0 aromatic heterocycles. The van der Waals surface area contributed by atoms with E-state index in [1.165, 1.54) is 4.90 Å². The van der Waals surface area contributed by atoms with Gasteiger partial charge in [0.25, 0.3) is 0 Å². The van der Waals surface area contributed by atoms with Crippen LogP contribution in [-0.2, 0) is 14.4 Å². The van der Waals surface area contributed by atoms with Crippen LogP contribution in [0.15, 0.2) is 0 Å². The number of carboxylic acid groups (broad SMARTS) is 2. The molecule has 0 aromatic rings. The summed E-state index contributed by atoms with van der Waals surface area (Å²) in [5.74, 6) is -2.19. The summed E-state index contributed by atoms with van der Waals surface area (Å²) in [6.45, 7) is 2.27. The van der Waals surface area contributed by atoms with E-state index in [0.717, 1.165) is 0 Å². The highest BCUT2D eigenvalue weighted by Gasteiger charge is 2.33. The summed E-state index contributed by atoms with van der Waals surface area (Å²) >= 11 is 0. The molecule has 3 N–H and O–H groups in total. The second-order valence-corrected chi connectivity index (χ2v) is 4.67. The smallest absolute Gasteiger partial charge is 0.326 e. The second kappa shape index (κ2) is 7.08. The number of carboxylic acids is 2. The van der Waals surface area contributed by atoms with Crippen molar-refractivity contribution >= 4 is 17.8 Å². The van der Waals surface area contributed by atoms with Crippen molar-refractivity contribution in [1.29, 1.82) is 0 Å². The van der Waals surface area contributed by atoms with Gasteiger partial charge in [0.1, 0.15) is 6.04 Å². The van der Waals surface area contributed by atoms with E-state index in [0.29, 0.717) is 25.8 Å². The molecule has 1 aliphatic rings. The second-order valence-electron chi connectivity index (χ2n) is 4.67. The van der Waals surface area contributed by atoms with Crippen LogP contribution in [0.1, 0.15) is 32.6 Å². The number of carbonyl (C=O) groups excluding carboxylic acids is 1. The van der Waals surface area contributed by atoms with Crippen LogP contribution < -0.4 is 5.32 Å². The third kappa shape index (κ3) is 4.51. The molecule has 1 rings (SSSR count). The van der Waals surface area contributed by atoms with Crippen molar-refractivity contribution < 1.29 is 24.6 Å². The van der Waals surface area contributed by atoms with Crippen molar-refractivity contribution in [3.05, 3.63) is 0 Å². The van der Waals surface area contributed by atoms with E-state index in [4.69, 9.17) is 10.2 Å². The third-order valence-electron chi connectivity index (χ3n) is 3.31. The molecule has 0 saturated carbocycles. The van der Waals surface area contributed by atoms with Crippen LogP contribution in [0, 0.1) is 0 Å². The predicted molar refractivity (Wildman–Crippen MR) is 66.7 cm³/mol. The van der Waals surface area contributed by atoms with E-state index in [2.05, 4.69) is 5.32 Å². The summed E-state index contributed by atoms with van der Waals surface area (Å²) in [6.07, 6.45) is 1.72. The fourth-order valence-corrected chi connectivity index (χ4v) is 2.23. The van der Waals surface area contributed by atoms with E-state index >= 15 is 0 Å². The van der Waals surface area contributed by atoms with Gasteiger partial charge in [0.05, 0.1) is 13.0 Å². The lowest BCUT2D eigenvalue weighted by molar-refractivity contribution is -0.147. The monoisotopic (exact) mass is 272 g/mol. The van der Waals surface area contributed by atoms with E-state index < -0.39 is 18.0 Å². The number of nitrogens with zero attached hydrogens (tertiary/aromatic N) is 1. The highest BCUT2D eigenvalue weighted by molar-refractivity contribution is 5.85. The first-order chi connectivity index (χ1) is 8.95. The Morgan fingerprint density at radius 2 is 2.05 bits per heavy atom. The molecule has 0 bridgehead atoms. The number of nitrogens with one attached hydrogen (secondary N) is 1. The first-order valence-corrected chi connectivity index (χ1v) is 6.43. The Labute approximate surface area is 111 Å². The largest absolute Gasteiger partial charge is 0.481 e. The fraction of sp³-hybridized carbons (Fsp3) is 0.750. The SMILES string of the molecule is CCC(CC(=O)O)NCC(=O)N1CCC[C@H]1C(=O)O. The number of hydrogen-bond donors (Lipinski definition) is 3. The van der Waals surface area contributed by atoms with Gasteiger partial charge in [0.2, 0.25) is 5.91 Å². The molecule has 1 amide bonds. The maximum Gasteiger partial charge on any atom is 0.326 e. The van der Waals surface area contributed by atoms with Crippen LogP contribution in [0.2, 0.25) is 0 Å². The van der Waals surface area contributed by atoms with Crippen LogP contribution in [0.25, 0.3) is 0 Å². The lowest BCUT2D eigenvalue weighted by atomic mass is 10.1. The van der Waals surface area contributed by atoms with Crippen LogP contribution in [0.3, 0.4) is 0 Å². The third-order valence-corrected chi connectivity index (χ3v) is 3.31. The molecule has 7 nitrogen and oxygen atoms in total. The Kier molecular flexibility index (Phi) is 5.75. The van der Waals surface area contributed by atoms with Gasteiger partial charge in [-0.05, 0) is 19.3 Å². The first kappa shape index (κ1) is 15.4. The van der Waals surface area contributed by atoms with Gasteiger partial charge in [-0.1, -0.05) is 6.92 Å². The van der Waals surface area contributed by atoms with E-state index in [-0.39, 0.29) is 24.9 Å². The molecule has 0 radical (unpaired) electrons. The summed E-state index contributed by atoms with van der Waals surface area (Å²) in [4.78, 5) is 34.8. The molecule has 1 saturated heterocycles. The fourth-order valence-electron chi connectivity index (χ4n) is 2.23. The zero-order valence-corrected chi connectivity index (χ0v) is 11.0. The summed E-state index contributed by atoms with van der Waals surface area (Å²) < 4.78 is 0. The zero-order chi connectivity index (χ0) is 14.4. The van der Waals surface area contributed by atoms with Gasteiger partial charge < -0.3 is 20.4 Å². The first-order valence-electron chi connectivity index (χ1n) is 6.43. The standard InChI is InChI=1S/C12H20N2O5/c1-2-8(6-11(16)17)13-7-10(15)14-5-3-4-9(14)12(18)19/h8-9,13H,2-7H2,1H3,(H,16,17)(H,18,19)/t8?,9-/m0/s1. The normalized spacial score (nSPS) is 20.3. The van der Waals surface area contributed by atoms with Crippen molar-refractivity contribution in [2.45, 2.75) is 44.7 Å². The molecule has 108 valence electrons. The van der Waals surface area contributed by atoms with Crippen molar-refractivity contribution in [2.24, 2.45) is 0 Å². The Hall–Kier alpha value is -1.63. The van der Waals surface area contributed by atoms with Crippen molar-refractivity contribution in [3.8, 4) is 0 Å². The molecule has 19 heavy (non-hydrogen) atoms. The topological polar surface area (TPSA) is 107 Å². The molecule has 7 heteroatoms. The average Bonchev–Trinajstić information content (AvgIpc) is 2.82. The predicted octanol–water partition coefficient (Wildman–Crippen LogP) is -0.0951. The molecule has 0 aliphatic carbocycles. The Balaban J connectivity index is 2.46. The van der Waals surface area contributed by atoms with Gasteiger partial charge in [0, 0.05) is 12.6 Å². The van der Waals surface area contributed by atoms with Crippen LogP contribution in [-0.4, -0.2) is 58.1 Å². The molecule has 0 aromatic carbocycles. The zero-order valence-electron chi connectivity index (χ0n) is 11.0. The Morgan fingerprint density at radius 3 is 2.58 bits per heavy atom. The van der Waals surface area contributed by atoms with Gasteiger partial charge in [-0.2, -0.15) is 0 Å². The molecular weight excluding hydrogens is 252 g/mol. The van der Waals surface area contributed by atoms with Crippen LogP contribution >= 0.6 is 0 Å². The number of aliphatic carboxylic acids is 2. The van der Waals surface area contributed by atoms with Crippen molar-refractivity contribution in [3.63, 3.8) is 0 Å². The molecule has 1 aliphatic heterocycles. The van der Waals surface area contributed by atoms with Gasteiger partial charge in [-0.15, -0.1) is 0 Å². The van der Waals surface area contributed by atoms with E-state index in [1.54, 1.807) is 0 Å². The molecule has 1 heterocycles. The molecular formula is C12H20N2O5. The minimum Gasteiger partial charge on any atom is -0.481 e. The number of amides is 1. The Bertz CT molecular complexity index is 358. The van der Waals surface area contributed by atoms with Crippen molar-refractivity contribution in [1.82, 2.24) is 10.2 Å². The molecule has 2 atom stereocenters. The summed E-state index contributed by atoms with van der Waals surface area (Å²) in [6, 6.07) is -1.01. The van der Waals surface area contributed by atoms with Gasteiger partial charge in [-0.3, -0.25) is 9.59 Å². The number of rotatable bonds is 7. The summed E-state index contributed by atoms with van der Waals surface area (Å²) in [7, 11) is 0. The van der Waals surface area contributed by atoms with Gasteiger partial charge in [0.15, 0.2) is 0 Å². The lowest BCUT2D eigenvalue weighted by Gasteiger charge is -2.23. The van der Waals surface area contributed by atoms with E-state index in [9.17, 15) is 14.4 Å². The molecule has 0 spiro atoms. The number of likely N-dealkylation sites (tertiary alicyclic amines) is 1. The summed E-state index contributed by atoms with van der Waals surface area (Å²) in [5.41, 5.74) is 0. The lowest BCUT2D eigenvalue weighted by Crippen LogP contribution is -2.46. The maximum atomic E-state index is 11.9. The Morgan fingerprint density at radius 1 is 1.37 bits per heavy atom. The average molecular weight is 272 g/mol. The quantitative estimate of drug-likeness (QED) is 0.597.